The highest BCUT2D eigenvalue weighted by atomic mass is 19.4. The smallest absolute Gasteiger partial charge is 0.379 e. The number of piperidine rings is 1. The lowest BCUT2D eigenvalue weighted by Gasteiger charge is -2.38. The van der Waals surface area contributed by atoms with Gasteiger partial charge in [-0.15, -0.1) is 0 Å². The van der Waals surface area contributed by atoms with Crippen molar-refractivity contribution in [2.45, 2.75) is 82.0 Å². The van der Waals surface area contributed by atoms with Crippen molar-refractivity contribution in [3.05, 3.63) is 53.0 Å². The quantitative estimate of drug-likeness (QED) is 0.463. The van der Waals surface area contributed by atoms with Crippen molar-refractivity contribution in [2.24, 2.45) is 0 Å². The lowest BCUT2D eigenvalue weighted by atomic mass is 9.97. The van der Waals surface area contributed by atoms with E-state index in [0.717, 1.165) is 62.8 Å². The van der Waals surface area contributed by atoms with Crippen LogP contribution in [-0.4, -0.2) is 85.0 Å². The van der Waals surface area contributed by atoms with Crippen LogP contribution in [0.15, 0.2) is 30.6 Å². The van der Waals surface area contributed by atoms with Gasteiger partial charge in [-0.05, 0) is 63.1 Å². The minimum Gasteiger partial charge on any atom is -0.379 e. The molecule has 0 spiro atoms. The highest BCUT2D eigenvalue weighted by Gasteiger charge is 2.33. The number of rotatable bonds is 8. The van der Waals surface area contributed by atoms with Gasteiger partial charge in [0.05, 0.1) is 30.5 Å². The standard InChI is InChI=1S/C30H40F3N5O4/c1-19-27(29(39)38-13-10-22(11-14-38)37-24-12-15-41-17-26(24)40-2)35-18-36-28(19)34-16-23-4-3-5-25(42-23)20-6-8-21(9-7-20)30(31,32)33/h6-9,18,22-26,37H,3-5,10-17H2,1-2H3,(H,34,35,36)/t23?,24-,25-,26+/m0/s1. The van der Waals surface area contributed by atoms with E-state index in [9.17, 15) is 18.0 Å². The first kappa shape index (κ1) is 30.7. The number of likely N-dealkylation sites (tertiary alicyclic amines) is 1. The number of hydrogen-bond acceptors (Lipinski definition) is 8. The molecule has 230 valence electrons. The minimum absolute atomic E-state index is 0.0442. The lowest BCUT2D eigenvalue weighted by Crippen LogP contribution is -2.54. The van der Waals surface area contributed by atoms with E-state index in [1.54, 1.807) is 7.11 Å². The number of nitrogens with one attached hydrogen (secondary N) is 2. The molecule has 9 nitrogen and oxygen atoms in total. The van der Waals surface area contributed by atoms with Crippen LogP contribution in [-0.2, 0) is 20.4 Å². The molecule has 1 unspecified atom stereocenters. The summed E-state index contributed by atoms with van der Waals surface area (Å²) in [5.41, 5.74) is 1.14. The van der Waals surface area contributed by atoms with E-state index >= 15 is 0 Å². The molecule has 42 heavy (non-hydrogen) atoms. The summed E-state index contributed by atoms with van der Waals surface area (Å²) in [7, 11) is 1.71. The van der Waals surface area contributed by atoms with Crippen molar-refractivity contribution in [3.8, 4) is 0 Å². The van der Waals surface area contributed by atoms with Gasteiger partial charge in [-0.2, -0.15) is 13.2 Å². The van der Waals surface area contributed by atoms with E-state index in [1.807, 2.05) is 11.8 Å². The van der Waals surface area contributed by atoms with Gasteiger partial charge >= 0.3 is 6.18 Å². The Morgan fingerprint density at radius 1 is 1.10 bits per heavy atom. The lowest BCUT2D eigenvalue weighted by molar-refractivity contribution is -0.137. The Morgan fingerprint density at radius 2 is 1.86 bits per heavy atom. The van der Waals surface area contributed by atoms with Gasteiger partial charge in [0.25, 0.3) is 5.91 Å². The van der Waals surface area contributed by atoms with Gasteiger partial charge < -0.3 is 29.7 Å². The van der Waals surface area contributed by atoms with Crippen molar-refractivity contribution in [1.29, 1.82) is 0 Å². The molecule has 1 amide bonds. The molecule has 3 aliphatic heterocycles. The van der Waals surface area contributed by atoms with Crippen LogP contribution in [0.25, 0.3) is 0 Å². The summed E-state index contributed by atoms with van der Waals surface area (Å²) in [6.07, 6.45) is 1.78. The number of halogens is 3. The highest BCUT2D eigenvalue weighted by Crippen LogP contribution is 2.34. The van der Waals surface area contributed by atoms with Crippen molar-refractivity contribution >= 4 is 11.7 Å². The van der Waals surface area contributed by atoms with E-state index in [-0.39, 0.29) is 30.3 Å². The molecule has 0 bridgehead atoms. The third kappa shape index (κ3) is 7.39. The number of methoxy groups -OCH3 is 1. The van der Waals surface area contributed by atoms with E-state index in [4.69, 9.17) is 14.2 Å². The van der Waals surface area contributed by atoms with Crippen LogP contribution in [0.2, 0.25) is 0 Å². The molecule has 3 fully saturated rings. The maximum Gasteiger partial charge on any atom is 0.416 e. The SMILES string of the molecule is CO[C@@H]1COCC[C@@H]1NC1CCN(C(=O)c2ncnc(NCC3CCC[C@@H](c4ccc(C(F)(F)F)cc4)O3)c2C)CC1. The topological polar surface area (TPSA) is 97.8 Å². The molecule has 2 N–H and O–H groups in total. The fourth-order valence-corrected chi connectivity index (χ4v) is 6.07. The van der Waals surface area contributed by atoms with E-state index < -0.39 is 11.7 Å². The molecule has 12 heteroatoms. The normalized spacial score (nSPS) is 25.8. The largest absolute Gasteiger partial charge is 0.416 e. The molecule has 1 aromatic carbocycles. The van der Waals surface area contributed by atoms with Crippen LogP contribution in [0.4, 0.5) is 19.0 Å². The minimum atomic E-state index is -4.36. The third-order valence-electron chi connectivity index (χ3n) is 8.58. The van der Waals surface area contributed by atoms with Crippen molar-refractivity contribution in [2.75, 3.05) is 45.3 Å². The van der Waals surface area contributed by atoms with Crippen LogP contribution < -0.4 is 10.6 Å². The van der Waals surface area contributed by atoms with Gasteiger partial charge in [0.2, 0.25) is 0 Å². The summed E-state index contributed by atoms with van der Waals surface area (Å²) in [5, 5.41) is 7.03. The first-order valence-corrected chi connectivity index (χ1v) is 14.8. The van der Waals surface area contributed by atoms with Gasteiger partial charge in [0.1, 0.15) is 17.8 Å². The first-order valence-electron chi connectivity index (χ1n) is 14.8. The van der Waals surface area contributed by atoms with Crippen molar-refractivity contribution < 1.29 is 32.2 Å². The average Bonchev–Trinajstić information content (AvgIpc) is 3.01. The maximum atomic E-state index is 13.4. The first-order chi connectivity index (χ1) is 20.2. The Kier molecular flexibility index (Phi) is 9.97. The summed E-state index contributed by atoms with van der Waals surface area (Å²) in [4.78, 5) is 24.0. The molecule has 0 aliphatic carbocycles. The summed E-state index contributed by atoms with van der Waals surface area (Å²) in [5.74, 6) is 0.476. The Balaban J connectivity index is 1.13. The molecule has 4 atom stereocenters. The number of benzene rings is 1. The fourth-order valence-electron chi connectivity index (χ4n) is 6.07. The van der Waals surface area contributed by atoms with Gasteiger partial charge in [-0.1, -0.05) is 12.1 Å². The van der Waals surface area contributed by atoms with Crippen molar-refractivity contribution in [1.82, 2.24) is 20.2 Å². The molecule has 2 aromatic rings. The second-order valence-electron chi connectivity index (χ2n) is 11.4. The summed E-state index contributed by atoms with van der Waals surface area (Å²) < 4.78 is 56.1. The van der Waals surface area contributed by atoms with Crippen molar-refractivity contribution in [3.63, 3.8) is 0 Å². The average molecular weight is 592 g/mol. The number of hydrogen-bond donors (Lipinski definition) is 2. The number of carbonyl (C=O) groups excluding carboxylic acids is 1. The van der Waals surface area contributed by atoms with E-state index in [0.29, 0.717) is 49.4 Å². The number of aromatic nitrogens is 2. The molecule has 3 aliphatic rings. The Bertz CT molecular complexity index is 1190. The summed E-state index contributed by atoms with van der Waals surface area (Å²) in [6, 6.07) is 5.77. The predicted octanol–water partition coefficient (Wildman–Crippen LogP) is 4.52. The number of carbonyl (C=O) groups is 1. The van der Waals surface area contributed by atoms with Crippen LogP contribution >= 0.6 is 0 Å². The number of anilines is 1. The molecule has 0 radical (unpaired) electrons. The van der Waals surface area contributed by atoms with Crippen LogP contribution in [0.3, 0.4) is 0 Å². The zero-order chi connectivity index (χ0) is 29.7. The Morgan fingerprint density at radius 3 is 2.57 bits per heavy atom. The van der Waals surface area contributed by atoms with Crippen LogP contribution in [0.5, 0.6) is 0 Å². The summed E-state index contributed by atoms with van der Waals surface area (Å²) in [6.45, 7) is 4.92. The molecule has 1 aromatic heterocycles. The highest BCUT2D eigenvalue weighted by molar-refractivity contribution is 5.94. The Labute approximate surface area is 244 Å². The van der Waals surface area contributed by atoms with E-state index in [1.165, 1.54) is 18.5 Å². The Hall–Kier alpha value is -2.80. The van der Waals surface area contributed by atoms with E-state index in [2.05, 4.69) is 20.6 Å². The second kappa shape index (κ2) is 13.7. The number of alkyl halides is 3. The summed E-state index contributed by atoms with van der Waals surface area (Å²) >= 11 is 0. The van der Waals surface area contributed by atoms with Gasteiger partial charge in [0, 0.05) is 51.0 Å². The zero-order valence-corrected chi connectivity index (χ0v) is 24.2. The van der Waals surface area contributed by atoms with Crippen LogP contribution in [0, 0.1) is 6.92 Å². The number of nitrogens with zero attached hydrogens (tertiary/aromatic N) is 3. The monoisotopic (exact) mass is 591 g/mol. The molecule has 5 rings (SSSR count). The van der Waals surface area contributed by atoms with Gasteiger partial charge in [0.15, 0.2) is 0 Å². The second-order valence-corrected chi connectivity index (χ2v) is 11.4. The molecule has 4 heterocycles. The molecular formula is C30H40F3N5O4. The molecule has 0 saturated carbocycles. The maximum absolute atomic E-state index is 13.4. The van der Waals surface area contributed by atoms with Gasteiger partial charge in [-0.25, -0.2) is 9.97 Å². The number of ether oxygens (including phenoxy) is 3. The van der Waals surface area contributed by atoms with Gasteiger partial charge in [-0.3, -0.25) is 4.79 Å². The predicted molar refractivity (Wildman–Crippen MR) is 150 cm³/mol. The molecular weight excluding hydrogens is 551 g/mol. The third-order valence-corrected chi connectivity index (χ3v) is 8.58. The number of amides is 1. The van der Waals surface area contributed by atoms with Crippen LogP contribution in [0.1, 0.15) is 71.8 Å². The molecule has 3 saturated heterocycles. The fraction of sp³-hybridized carbons (Fsp3) is 0.633. The zero-order valence-electron chi connectivity index (χ0n) is 24.2.